The minimum atomic E-state index is -1.18. The average Bonchev–Trinajstić information content (AvgIpc) is 3.19. The molecule has 0 saturated heterocycles. The lowest BCUT2D eigenvalue weighted by Gasteiger charge is -2.22. The zero-order valence-electron chi connectivity index (χ0n) is 17.2. The molecule has 1 aromatic heterocycles. The first-order chi connectivity index (χ1) is 15.9. The van der Waals surface area contributed by atoms with Crippen LogP contribution in [0, 0.1) is 0 Å². The van der Waals surface area contributed by atoms with Gasteiger partial charge in [-0.3, -0.25) is 9.40 Å². The van der Waals surface area contributed by atoms with Crippen molar-refractivity contribution in [1.29, 1.82) is 0 Å². The summed E-state index contributed by atoms with van der Waals surface area (Å²) in [5.41, 5.74) is 2.92. The van der Waals surface area contributed by atoms with Crippen molar-refractivity contribution in [3.05, 3.63) is 86.6 Å². The molecule has 0 fully saturated rings. The molecule has 0 saturated carbocycles. The summed E-state index contributed by atoms with van der Waals surface area (Å²) in [5.74, 6) is 0. The maximum atomic E-state index is 14.9. The second kappa shape index (κ2) is 10.8. The van der Waals surface area contributed by atoms with Gasteiger partial charge in [0.05, 0.1) is 18.4 Å². The Morgan fingerprint density at radius 2 is 1.97 bits per heavy atom. The summed E-state index contributed by atoms with van der Waals surface area (Å²) in [5, 5.41) is 6.11. The Labute approximate surface area is 210 Å². The van der Waals surface area contributed by atoms with E-state index in [-0.39, 0.29) is 6.61 Å². The van der Waals surface area contributed by atoms with Gasteiger partial charge in [-0.1, -0.05) is 40.9 Å². The van der Waals surface area contributed by atoms with Crippen LogP contribution in [0.4, 0.5) is 9.18 Å². The Morgan fingerprint density at radius 3 is 2.73 bits per heavy atom. The number of nitrogens with zero attached hydrogens (tertiary/aromatic N) is 2. The number of halogens is 4. The summed E-state index contributed by atoms with van der Waals surface area (Å²) < 4.78 is 24.4. The van der Waals surface area contributed by atoms with Crippen LogP contribution < -0.4 is 4.72 Å². The Kier molecular flexibility index (Phi) is 7.86. The molecule has 4 rings (SSSR count). The number of carbonyl (C=O) groups excluding carboxylic acids is 1. The number of carbonyl (C=O) groups is 1. The molecule has 1 aliphatic carbocycles. The molecule has 33 heavy (non-hydrogen) atoms. The molecule has 1 N–H and O–H groups in total. The van der Waals surface area contributed by atoms with Crippen molar-refractivity contribution in [2.45, 2.75) is 30.5 Å². The van der Waals surface area contributed by atoms with Crippen molar-refractivity contribution >= 4 is 58.4 Å². The summed E-state index contributed by atoms with van der Waals surface area (Å²) in [4.78, 5) is 12.8. The number of alkyl halides is 1. The van der Waals surface area contributed by atoms with Gasteiger partial charge in [-0.05, 0) is 78.4 Å². The zero-order valence-corrected chi connectivity index (χ0v) is 20.3. The minimum absolute atomic E-state index is 0.0743. The number of hydrogen-bond acceptors (Lipinski definition) is 4. The van der Waals surface area contributed by atoms with E-state index >= 15 is 0 Å². The molecule has 0 radical (unpaired) electrons. The molecule has 1 atom stereocenters. The third kappa shape index (κ3) is 6.03. The molecule has 172 valence electrons. The van der Waals surface area contributed by atoms with Gasteiger partial charge in [-0.2, -0.15) is 5.10 Å². The van der Waals surface area contributed by atoms with E-state index in [9.17, 15) is 9.18 Å². The molecular formula is C23H19Cl3FN3O2S. The van der Waals surface area contributed by atoms with Crippen LogP contribution in [0.5, 0.6) is 0 Å². The first kappa shape index (κ1) is 24.0. The van der Waals surface area contributed by atoms with Crippen molar-refractivity contribution in [1.82, 2.24) is 14.5 Å². The number of allylic oxidation sites excluding steroid dienone is 1. The molecule has 0 aliphatic heterocycles. The lowest BCUT2D eigenvalue weighted by molar-refractivity contribution is 0.165. The lowest BCUT2D eigenvalue weighted by atomic mass is 9.91. The van der Waals surface area contributed by atoms with E-state index in [0.29, 0.717) is 45.7 Å². The van der Waals surface area contributed by atoms with Crippen LogP contribution in [-0.4, -0.2) is 28.7 Å². The van der Waals surface area contributed by atoms with Crippen LogP contribution in [0.2, 0.25) is 15.1 Å². The Morgan fingerprint density at radius 1 is 1.21 bits per heavy atom. The van der Waals surface area contributed by atoms with E-state index < -0.39 is 12.3 Å². The number of nitrogens with one attached hydrogen (secondary N) is 1. The van der Waals surface area contributed by atoms with Crippen molar-refractivity contribution in [2.75, 3.05) is 6.61 Å². The molecule has 1 unspecified atom stereocenters. The van der Waals surface area contributed by atoms with Crippen LogP contribution >= 0.6 is 46.8 Å². The number of rotatable bonds is 6. The van der Waals surface area contributed by atoms with Crippen LogP contribution in [0.3, 0.4) is 0 Å². The number of aromatic nitrogens is 2. The molecule has 1 heterocycles. The predicted molar refractivity (Wildman–Crippen MR) is 131 cm³/mol. The fraction of sp³-hybridized carbons (Fsp3) is 0.217. The second-order valence-corrected chi connectivity index (χ2v) is 9.49. The van der Waals surface area contributed by atoms with Gasteiger partial charge in [0.1, 0.15) is 12.8 Å². The number of amides is 1. The monoisotopic (exact) mass is 525 g/mol. The Hall–Kier alpha value is -2.19. The number of ether oxygens (including phenoxy) is 1. The Balaban J connectivity index is 1.43. The largest absolute Gasteiger partial charge is 0.445 e. The highest BCUT2D eigenvalue weighted by atomic mass is 35.5. The lowest BCUT2D eigenvalue weighted by Crippen LogP contribution is -2.20. The quantitative estimate of drug-likeness (QED) is 0.352. The molecular weight excluding hydrogens is 508 g/mol. The van der Waals surface area contributed by atoms with Crippen LogP contribution in [0.15, 0.2) is 59.6 Å². The van der Waals surface area contributed by atoms with Gasteiger partial charge >= 0.3 is 6.09 Å². The third-order valence-corrected chi connectivity index (χ3v) is 6.73. The van der Waals surface area contributed by atoms with Crippen LogP contribution in [0.25, 0.3) is 5.57 Å². The molecule has 2 aromatic carbocycles. The van der Waals surface area contributed by atoms with Crippen molar-refractivity contribution in [3.63, 3.8) is 0 Å². The first-order valence-corrected chi connectivity index (χ1v) is 12.0. The van der Waals surface area contributed by atoms with Gasteiger partial charge in [0.2, 0.25) is 0 Å². The van der Waals surface area contributed by atoms with Crippen LogP contribution in [-0.2, 0) is 17.7 Å². The smallest absolute Gasteiger partial charge is 0.417 e. The molecule has 10 heteroatoms. The summed E-state index contributed by atoms with van der Waals surface area (Å²) in [6.07, 6.45) is 2.47. The minimum Gasteiger partial charge on any atom is -0.445 e. The number of aryl methyl sites for hydroxylation is 1. The maximum Gasteiger partial charge on any atom is 0.417 e. The SMILES string of the molecule is O=C(NSc1ccc(Cl)cc1)OC/C=C1\c2c(cnn2Cc2ccc(Cl)cc2Cl)CCC1F. The molecule has 5 nitrogen and oxygen atoms in total. The zero-order chi connectivity index (χ0) is 23.4. The summed E-state index contributed by atoms with van der Waals surface area (Å²) in [6.45, 7) is 0.295. The summed E-state index contributed by atoms with van der Waals surface area (Å²) in [6, 6.07) is 12.2. The maximum absolute atomic E-state index is 14.9. The molecule has 3 aromatic rings. The normalized spacial score (nSPS) is 16.5. The van der Waals surface area contributed by atoms with Gasteiger partial charge < -0.3 is 4.74 Å². The van der Waals surface area contributed by atoms with E-state index in [1.165, 1.54) is 0 Å². The van der Waals surface area contributed by atoms with Gasteiger partial charge in [0.15, 0.2) is 0 Å². The van der Waals surface area contributed by atoms with E-state index in [4.69, 9.17) is 39.5 Å². The Bertz CT molecular complexity index is 1180. The third-order valence-electron chi connectivity index (χ3n) is 5.11. The molecule has 1 amide bonds. The highest BCUT2D eigenvalue weighted by Gasteiger charge is 2.28. The average molecular weight is 527 g/mol. The summed E-state index contributed by atoms with van der Waals surface area (Å²) >= 11 is 19.2. The number of benzene rings is 2. The van der Waals surface area contributed by atoms with Gasteiger partial charge in [-0.15, -0.1) is 0 Å². The molecule has 1 aliphatic rings. The molecule has 0 spiro atoms. The van der Waals surface area contributed by atoms with Crippen molar-refractivity contribution in [3.8, 4) is 0 Å². The fourth-order valence-electron chi connectivity index (χ4n) is 3.52. The van der Waals surface area contributed by atoms with E-state index in [0.717, 1.165) is 28.0 Å². The first-order valence-electron chi connectivity index (χ1n) is 10.1. The van der Waals surface area contributed by atoms with E-state index in [1.807, 2.05) is 6.07 Å². The number of hydrogen-bond donors (Lipinski definition) is 1. The topological polar surface area (TPSA) is 56.1 Å². The summed E-state index contributed by atoms with van der Waals surface area (Å²) in [7, 11) is 0. The predicted octanol–water partition coefficient (Wildman–Crippen LogP) is 6.99. The highest BCUT2D eigenvalue weighted by molar-refractivity contribution is 7.98. The second-order valence-electron chi connectivity index (χ2n) is 7.33. The highest BCUT2D eigenvalue weighted by Crippen LogP contribution is 2.34. The van der Waals surface area contributed by atoms with Crippen molar-refractivity contribution < 1.29 is 13.9 Å². The fourth-order valence-corrected chi connectivity index (χ4v) is 4.65. The van der Waals surface area contributed by atoms with Gasteiger partial charge in [0, 0.05) is 25.5 Å². The number of fused-ring (bicyclic) bond motifs is 1. The van der Waals surface area contributed by atoms with Crippen molar-refractivity contribution in [2.24, 2.45) is 0 Å². The van der Waals surface area contributed by atoms with E-state index in [1.54, 1.807) is 53.4 Å². The molecule has 0 bridgehead atoms. The standard InChI is InChI=1S/C23H19Cl3FN3O2S/c24-16-4-6-18(7-5-16)33-29-23(31)32-10-9-19-21(27)8-2-14-12-28-30(22(14)19)13-15-1-3-17(25)11-20(15)26/h1,3-7,9,11-12,21H,2,8,10,13H2,(H,29,31)/b19-9-. The van der Waals surface area contributed by atoms with Gasteiger partial charge in [0.25, 0.3) is 0 Å². The van der Waals surface area contributed by atoms with E-state index in [2.05, 4.69) is 9.82 Å². The van der Waals surface area contributed by atoms with Crippen LogP contribution in [0.1, 0.15) is 23.2 Å². The van der Waals surface area contributed by atoms with Gasteiger partial charge in [-0.25, -0.2) is 9.18 Å².